The maximum absolute atomic E-state index is 5.85. The zero-order chi connectivity index (χ0) is 11.9. The molecule has 1 heterocycles. The van der Waals surface area contributed by atoms with E-state index in [0.29, 0.717) is 6.10 Å². The first-order valence-corrected chi connectivity index (χ1v) is 6.51. The van der Waals surface area contributed by atoms with Crippen molar-refractivity contribution in [1.82, 2.24) is 4.90 Å². The van der Waals surface area contributed by atoms with Crippen LogP contribution in [0.15, 0.2) is 30.3 Å². The van der Waals surface area contributed by atoms with Gasteiger partial charge in [-0.1, -0.05) is 25.1 Å². The van der Waals surface area contributed by atoms with Crippen LogP contribution < -0.4 is 5.32 Å². The standard InChI is InChI=1S/C14H22N2O/c1-2-16-9-6-10-17-14(12-16)11-15-13-7-4-3-5-8-13/h3-5,7-8,14-15H,2,6,9-12H2,1H3. The lowest BCUT2D eigenvalue weighted by Gasteiger charge is -2.22. The highest BCUT2D eigenvalue weighted by Crippen LogP contribution is 2.09. The maximum Gasteiger partial charge on any atom is 0.0873 e. The van der Waals surface area contributed by atoms with Crippen molar-refractivity contribution in [2.75, 3.05) is 38.1 Å². The SMILES string of the molecule is CCN1CCCOC(CNc2ccccc2)C1. The summed E-state index contributed by atoms with van der Waals surface area (Å²) in [5.74, 6) is 0. The third-order valence-electron chi connectivity index (χ3n) is 3.19. The second kappa shape index (κ2) is 6.62. The highest BCUT2D eigenvalue weighted by Gasteiger charge is 2.16. The smallest absolute Gasteiger partial charge is 0.0873 e. The summed E-state index contributed by atoms with van der Waals surface area (Å²) in [6.45, 7) is 7.31. The van der Waals surface area contributed by atoms with E-state index in [9.17, 15) is 0 Å². The maximum atomic E-state index is 5.85. The molecule has 0 radical (unpaired) electrons. The summed E-state index contributed by atoms with van der Waals surface area (Å²) < 4.78 is 5.85. The molecule has 1 aromatic carbocycles. The first kappa shape index (κ1) is 12.4. The normalized spacial score (nSPS) is 22.1. The molecule has 1 fully saturated rings. The second-order valence-corrected chi connectivity index (χ2v) is 4.49. The first-order valence-electron chi connectivity index (χ1n) is 6.51. The van der Waals surface area contributed by atoms with E-state index in [1.165, 1.54) is 12.2 Å². The van der Waals surface area contributed by atoms with Crippen LogP contribution in [0.1, 0.15) is 13.3 Å². The Hall–Kier alpha value is -1.06. The Balaban J connectivity index is 1.81. The van der Waals surface area contributed by atoms with E-state index in [0.717, 1.165) is 32.7 Å². The van der Waals surface area contributed by atoms with Crippen molar-refractivity contribution in [3.05, 3.63) is 30.3 Å². The van der Waals surface area contributed by atoms with Crippen LogP contribution in [-0.2, 0) is 4.74 Å². The summed E-state index contributed by atoms with van der Waals surface area (Å²) in [6, 6.07) is 10.3. The van der Waals surface area contributed by atoms with Crippen LogP contribution in [0, 0.1) is 0 Å². The molecule has 1 atom stereocenters. The average Bonchev–Trinajstić information content (AvgIpc) is 2.62. The van der Waals surface area contributed by atoms with Crippen molar-refractivity contribution < 1.29 is 4.74 Å². The van der Waals surface area contributed by atoms with Crippen molar-refractivity contribution in [3.63, 3.8) is 0 Å². The number of para-hydroxylation sites is 1. The molecule has 1 aliphatic rings. The highest BCUT2D eigenvalue weighted by molar-refractivity contribution is 5.42. The van der Waals surface area contributed by atoms with Gasteiger partial charge in [-0.05, 0) is 25.1 Å². The fraction of sp³-hybridized carbons (Fsp3) is 0.571. The third-order valence-corrected chi connectivity index (χ3v) is 3.19. The number of ether oxygens (including phenoxy) is 1. The van der Waals surface area contributed by atoms with Gasteiger partial charge in [0.1, 0.15) is 0 Å². The minimum atomic E-state index is 0.303. The van der Waals surface area contributed by atoms with Gasteiger partial charge in [-0.25, -0.2) is 0 Å². The number of nitrogens with one attached hydrogen (secondary N) is 1. The Morgan fingerprint density at radius 1 is 1.35 bits per heavy atom. The molecular formula is C14H22N2O. The molecule has 0 aliphatic carbocycles. The summed E-state index contributed by atoms with van der Waals surface area (Å²) in [4.78, 5) is 2.46. The lowest BCUT2D eigenvalue weighted by Crippen LogP contribution is -2.35. The van der Waals surface area contributed by atoms with E-state index in [-0.39, 0.29) is 0 Å². The van der Waals surface area contributed by atoms with Gasteiger partial charge in [0.25, 0.3) is 0 Å². The zero-order valence-corrected chi connectivity index (χ0v) is 10.6. The molecular weight excluding hydrogens is 212 g/mol. The third kappa shape index (κ3) is 4.02. The minimum absolute atomic E-state index is 0.303. The van der Waals surface area contributed by atoms with Crippen LogP contribution in [0.2, 0.25) is 0 Å². The fourth-order valence-electron chi connectivity index (χ4n) is 2.17. The molecule has 94 valence electrons. The van der Waals surface area contributed by atoms with Gasteiger partial charge in [0, 0.05) is 31.9 Å². The van der Waals surface area contributed by atoms with E-state index in [2.05, 4.69) is 41.4 Å². The molecule has 3 nitrogen and oxygen atoms in total. The van der Waals surface area contributed by atoms with Crippen molar-refractivity contribution in [2.45, 2.75) is 19.4 Å². The van der Waals surface area contributed by atoms with Gasteiger partial charge in [-0.3, -0.25) is 0 Å². The van der Waals surface area contributed by atoms with E-state index < -0.39 is 0 Å². The van der Waals surface area contributed by atoms with Gasteiger partial charge in [0.2, 0.25) is 0 Å². The van der Waals surface area contributed by atoms with Gasteiger partial charge in [0.15, 0.2) is 0 Å². The predicted molar refractivity (Wildman–Crippen MR) is 71.4 cm³/mol. The van der Waals surface area contributed by atoms with E-state index >= 15 is 0 Å². The largest absolute Gasteiger partial charge is 0.382 e. The molecule has 1 saturated heterocycles. The quantitative estimate of drug-likeness (QED) is 0.864. The van der Waals surface area contributed by atoms with Crippen molar-refractivity contribution in [2.24, 2.45) is 0 Å². The number of benzene rings is 1. The molecule has 0 spiro atoms. The van der Waals surface area contributed by atoms with Crippen LogP contribution >= 0.6 is 0 Å². The van der Waals surface area contributed by atoms with E-state index in [1.54, 1.807) is 0 Å². The minimum Gasteiger partial charge on any atom is -0.382 e. The first-order chi connectivity index (χ1) is 8.38. The molecule has 2 rings (SSSR count). The lowest BCUT2D eigenvalue weighted by atomic mass is 10.3. The number of hydrogen-bond donors (Lipinski definition) is 1. The van der Waals surface area contributed by atoms with Crippen LogP contribution in [-0.4, -0.2) is 43.8 Å². The van der Waals surface area contributed by atoms with Crippen LogP contribution in [0.5, 0.6) is 0 Å². The Labute approximate surface area is 104 Å². The Morgan fingerprint density at radius 3 is 2.94 bits per heavy atom. The van der Waals surface area contributed by atoms with Gasteiger partial charge in [-0.15, -0.1) is 0 Å². The monoisotopic (exact) mass is 234 g/mol. The molecule has 1 N–H and O–H groups in total. The lowest BCUT2D eigenvalue weighted by molar-refractivity contribution is 0.0642. The fourth-order valence-corrected chi connectivity index (χ4v) is 2.17. The summed E-state index contributed by atoms with van der Waals surface area (Å²) in [6.07, 6.45) is 1.45. The number of hydrogen-bond acceptors (Lipinski definition) is 3. The molecule has 0 aromatic heterocycles. The molecule has 0 saturated carbocycles. The molecule has 0 bridgehead atoms. The van der Waals surface area contributed by atoms with Gasteiger partial charge in [0.05, 0.1) is 6.10 Å². The molecule has 1 aromatic rings. The van der Waals surface area contributed by atoms with Gasteiger partial charge < -0.3 is 15.0 Å². The van der Waals surface area contributed by atoms with Crippen LogP contribution in [0.25, 0.3) is 0 Å². The highest BCUT2D eigenvalue weighted by atomic mass is 16.5. The number of anilines is 1. The van der Waals surface area contributed by atoms with Crippen molar-refractivity contribution in [1.29, 1.82) is 0 Å². The van der Waals surface area contributed by atoms with Crippen LogP contribution in [0.4, 0.5) is 5.69 Å². The summed E-state index contributed by atoms with van der Waals surface area (Å²) >= 11 is 0. The second-order valence-electron chi connectivity index (χ2n) is 4.49. The molecule has 1 aliphatic heterocycles. The predicted octanol–water partition coefficient (Wildman–Crippen LogP) is 2.21. The molecule has 17 heavy (non-hydrogen) atoms. The topological polar surface area (TPSA) is 24.5 Å². The number of likely N-dealkylation sites (N-methyl/N-ethyl adjacent to an activating group) is 1. The van der Waals surface area contributed by atoms with E-state index in [1.807, 2.05) is 6.07 Å². The van der Waals surface area contributed by atoms with E-state index in [4.69, 9.17) is 4.74 Å². The molecule has 3 heteroatoms. The molecule has 0 amide bonds. The van der Waals surface area contributed by atoms with Crippen molar-refractivity contribution >= 4 is 5.69 Å². The Kier molecular flexibility index (Phi) is 4.83. The van der Waals surface area contributed by atoms with Gasteiger partial charge in [-0.2, -0.15) is 0 Å². The number of nitrogens with zero attached hydrogens (tertiary/aromatic N) is 1. The summed E-state index contributed by atoms with van der Waals surface area (Å²) in [5.41, 5.74) is 1.17. The number of rotatable bonds is 4. The van der Waals surface area contributed by atoms with Crippen molar-refractivity contribution in [3.8, 4) is 0 Å². The summed E-state index contributed by atoms with van der Waals surface area (Å²) in [7, 11) is 0. The average molecular weight is 234 g/mol. The van der Waals surface area contributed by atoms with Crippen LogP contribution in [0.3, 0.4) is 0 Å². The zero-order valence-electron chi connectivity index (χ0n) is 10.6. The molecule has 1 unspecified atom stereocenters. The van der Waals surface area contributed by atoms with Gasteiger partial charge >= 0.3 is 0 Å². The Bertz CT molecular complexity index is 315. The summed E-state index contributed by atoms with van der Waals surface area (Å²) in [5, 5.41) is 3.44. The Morgan fingerprint density at radius 2 is 2.18 bits per heavy atom.